The number of methoxy groups -OCH3 is 1. The van der Waals surface area contributed by atoms with Gasteiger partial charge in [0.2, 0.25) is 12.7 Å². The first kappa shape index (κ1) is 22.0. The predicted molar refractivity (Wildman–Crippen MR) is 115 cm³/mol. The maximum absolute atomic E-state index is 13.6. The van der Waals surface area contributed by atoms with Gasteiger partial charge in [-0.25, -0.2) is 0 Å². The second kappa shape index (κ2) is 9.48. The lowest BCUT2D eigenvalue weighted by atomic mass is 9.82. The molecule has 4 rings (SSSR count). The van der Waals surface area contributed by atoms with E-state index in [4.69, 9.17) is 18.9 Å². The number of nitrogens with zero attached hydrogens (tertiary/aromatic N) is 1. The minimum absolute atomic E-state index is 0.106. The molecule has 2 aromatic carbocycles. The molecule has 2 aromatic rings. The zero-order valence-electron chi connectivity index (χ0n) is 18.2. The van der Waals surface area contributed by atoms with Gasteiger partial charge in [0.05, 0.1) is 31.6 Å². The monoisotopic (exact) mass is 441 g/mol. The van der Waals surface area contributed by atoms with Crippen molar-refractivity contribution in [1.29, 1.82) is 0 Å². The molecule has 1 N–H and O–H groups in total. The Morgan fingerprint density at radius 2 is 1.81 bits per heavy atom. The Morgan fingerprint density at radius 3 is 2.50 bits per heavy atom. The van der Waals surface area contributed by atoms with Gasteiger partial charge >= 0.3 is 5.97 Å². The van der Waals surface area contributed by atoms with E-state index >= 15 is 0 Å². The van der Waals surface area contributed by atoms with Gasteiger partial charge in [0, 0.05) is 13.2 Å². The first-order valence-electron chi connectivity index (χ1n) is 10.7. The fraction of sp³-hybridized carbons (Fsp3) is 0.417. The average molecular weight is 441 g/mol. The second-order valence-electron chi connectivity index (χ2n) is 7.82. The molecule has 0 spiro atoms. The number of amides is 1. The summed E-state index contributed by atoms with van der Waals surface area (Å²) in [6, 6.07) is 11.7. The lowest BCUT2D eigenvalue weighted by Crippen LogP contribution is -2.33. The second-order valence-corrected chi connectivity index (χ2v) is 7.82. The number of benzene rings is 2. The Morgan fingerprint density at radius 1 is 1.09 bits per heavy atom. The number of rotatable bonds is 9. The van der Waals surface area contributed by atoms with Crippen LogP contribution in [0.4, 0.5) is 0 Å². The number of carboxylic acid groups (broad SMARTS) is 1. The summed E-state index contributed by atoms with van der Waals surface area (Å²) >= 11 is 0. The van der Waals surface area contributed by atoms with Gasteiger partial charge < -0.3 is 29.0 Å². The predicted octanol–water partition coefficient (Wildman–Crippen LogP) is 3.22. The van der Waals surface area contributed by atoms with Crippen molar-refractivity contribution in [2.45, 2.75) is 25.3 Å². The smallest absolute Gasteiger partial charge is 0.310 e. The first-order chi connectivity index (χ1) is 15.5. The van der Waals surface area contributed by atoms with E-state index in [1.165, 1.54) is 0 Å². The molecule has 8 heteroatoms. The van der Waals surface area contributed by atoms with Gasteiger partial charge in [-0.3, -0.25) is 9.59 Å². The van der Waals surface area contributed by atoms with Gasteiger partial charge in [-0.2, -0.15) is 0 Å². The van der Waals surface area contributed by atoms with Crippen LogP contribution < -0.4 is 14.2 Å². The number of carboxylic acids is 1. The van der Waals surface area contributed by atoms with Crippen molar-refractivity contribution in [2.75, 3.05) is 33.7 Å². The third-order valence-corrected chi connectivity index (χ3v) is 5.91. The van der Waals surface area contributed by atoms with E-state index in [1.807, 2.05) is 19.1 Å². The molecule has 0 unspecified atom stereocenters. The standard InChI is InChI=1S/C24H27NO7/c1-3-11-30-12-10-25-22(15-4-7-17(29-2)8-5-15)21(24(27)28)20(23(25)26)16-6-9-18-19(13-16)32-14-31-18/h4-9,13,20-22H,3,10-12,14H2,1-2H3,(H,27,28)/t20-,21-,22+/m0/s1. The number of hydrogen-bond donors (Lipinski definition) is 1. The number of carbonyl (C=O) groups excluding carboxylic acids is 1. The number of carbonyl (C=O) groups is 2. The van der Waals surface area contributed by atoms with Gasteiger partial charge in [-0.15, -0.1) is 0 Å². The average Bonchev–Trinajstić information content (AvgIpc) is 3.38. The molecule has 3 atom stereocenters. The zero-order valence-corrected chi connectivity index (χ0v) is 18.2. The molecule has 0 bridgehead atoms. The largest absolute Gasteiger partial charge is 0.497 e. The lowest BCUT2D eigenvalue weighted by Gasteiger charge is -2.27. The minimum atomic E-state index is -1.03. The maximum Gasteiger partial charge on any atom is 0.310 e. The molecular weight excluding hydrogens is 414 g/mol. The molecule has 2 aliphatic heterocycles. The highest BCUT2D eigenvalue weighted by molar-refractivity contribution is 5.94. The van der Waals surface area contributed by atoms with Crippen molar-refractivity contribution >= 4 is 11.9 Å². The van der Waals surface area contributed by atoms with E-state index in [0.717, 1.165) is 12.0 Å². The van der Waals surface area contributed by atoms with E-state index in [9.17, 15) is 14.7 Å². The molecule has 1 saturated heterocycles. The summed E-state index contributed by atoms with van der Waals surface area (Å²) in [7, 11) is 1.57. The van der Waals surface area contributed by atoms with Crippen molar-refractivity contribution in [1.82, 2.24) is 4.90 Å². The summed E-state index contributed by atoms with van der Waals surface area (Å²) in [6.45, 7) is 3.35. The fourth-order valence-corrected chi connectivity index (χ4v) is 4.43. The quantitative estimate of drug-likeness (QED) is 0.597. The molecule has 2 aliphatic rings. The van der Waals surface area contributed by atoms with Crippen molar-refractivity contribution in [2.24, 2.45) is 5.92 Å². The van der Waals surface area contributed by atoms with E-state index in [2.05, 4.69) is 0 Å². The van der Waals surface area contributed by atoms with E-state index in [1.54, 1.807) is 42.3 Å². The molecule has 0 radical (unpaired) electrons. The van der Waals surface area contributed by atoms with Gasteiger partial charge in [0.25, 0.3) is 0 Å². The number of likely N-dealkylation sites (tertiary alicyclic amines) is 1. The number of hydrogen-bond acceptors (Lipinski definition) is 6. The van der Waals surface area contributed by atoms with Crippen molar-refractivity contribution in [3.8, 4) is 17.2 Å². The van der Waals surface area contributed by atoms with Crippen LogP contribution >= 0.6 is 0 Å². The molecular formula is C24H27NO7. The number of ether oxygens (including phenoxy) is 4. The molecule has 8 nitrogen and oxygen atoms in total. The highest BCUT2D eigenvalue weighted by Crippen LogP contribution is 2.48. The van der Waals surface area contributed by atoms with E-state index < -0.39 is 23.8 Å². The zero-order chi connectivity index (χ0) is 22.7. The van der Waals surface area contributed by atoms with Crippen molar-refractivity contribution in [3.05, 3.63) is 53.6 Å². The SMILES string of the molecule is CCCOCCN1C(=O)[C@@H](c2ccc3c(c2)OCO3)[C@H](C(=O)O)[C@H]1c1ccc(OC)cc1. The summed E-state index contributed by atoms with van der Waals surface area (Å²) < 4.78 is 21.7. The lowest BCUT2D eigenvalue weighted by molar-refractivity contribution is -0.143. The van der Waals surface area contributed by atoms with Gasteiger partial charge in [0.1, 0.15) is 5.75 Å². The Kier molecular flexibility index (Phi) is 6.50. The molecule has 2 heterocycles. The third kappa shape index (κ3) is 4.10. The van der Waals surface area contributed by atoms with Gasteiger partial charge in [-0.1, -0.05) is 25.1 Å². The van der Waals surface area contributed by atoms with Crippen molar-refractivity contribution in [3.63, 3.8) is 0 Å². The maximum atomic E-state index is 13.6. The molecule has 0 saturated carbocycles. The van der Waals surface area contributed by atoms with Crippen LogP contribution in [0, 0.1) is 5.92 Å². The summed E-state index contributed by atoms with van der Waals surface area (Å²) in [5.41, 5.74) is 1.34. The van der Waals surface area contributed by atoms with Gasteiger partial charge in [0.15, 0.2) is 11.5 Å². The van der Waals surface area contributed by atoms with Crippen LogP contribution in [0.25, 0.3) is 0 Å². The minimum Gasteiger partial charge on any atom is -0.497 e. The highest BCUT2D eigenvalue weighted by atomic mass is 16.7. The molecule has 1 fully saturated rings. The summed E-state index contributed by atoms with van der Waals surface area (Å²) in [5, 5.41) is 10.2. The Hall–Kier alpha value is -3.26. The summed E-state index contributed by atoms with van der Waals surface area (Å²) in [6.07, 6.45) is 0.868. The van der Waals surface area contributed by atoms with Crippen LogP contribution in [0.1, 0.15) is 36.4 Å². The van der Waals surface area contributed by atoms with Gasteiger partial charge in [-0.05, 0) is 41.8 Å². The van der Waals surface area contributed by atoms with Crippen LogP contribution in [0.2, 0.25) is 0 Å². The third-order valence-electron chi connectivity index (χ3n) is 5.91. The topological polar surface area (TPSA) is 94.5 Å². The van der Waals surface area contributed by atoms with Crippen LogP contribution in [-0.4, -0.2) is 55.5 Å². The molecule has 1 amide bonds. The summed E-state index contributed by atoms with van der Waals surface area (Å²) in [5.74, 6) is -1.32. The van der Waals surface area contributed by atoms with Crippen LogP contribution in [-0.2, 0) is 14.3 Å². The highest BCUT2D eigenvalue weighted by Gasteiger charge is 2.53. The number of fused-ring (bicyclic) bond motifs is 1. The Balaban J connectivity index is 1.72. The van der Waals surface area contributed by atoms with E-state index in [0.29, 0.717) is 42.6 Å². The molecule has 32 heavy (non-hydrogen) atoms. The van der Waals surface area contributed by atoms with Crippen molar-refractivity contribution < 1.29 is 33.6 Å². The van der Waals surface area contributed by atoms with Crippen LogP contribution in [0.5, 0.6) is 17.2 Å². The van der Waals surface area contributed by atoms with Crippen LogP contribution in [0.3, 0.4) is 0 Å². The first-order valence-corrected chi connectivity index (χ1v) is 10.7. The molecule has 170 valence electrons. The summed E-state index contributed by atoms with van der Waals surface area (Å²) in [4.78, 5) is 27.7. The van der Waals surface area contributed by atoms with Crippen LogP contribution in [0.15, 0.2) is 42.5 Å². The van der Waals surface area contributed by atoms with E-state index in [-0.39, 0.29) is 12.7 Å². The molecule has 0 aromatic heterocycles. The number of aliphatic carboxylic acids is 1. The normalized spacial score (nSPS) is 21.8. The Bertz CT molecular complexity index is 975. The molecule has 0 aliphatic carbocycles. The fourth-order valence-electron chi connectivity index (χ4n) is 4.43. The Labute approximate surface area is 186 Å².